The Morgan fingerprint density at radius 2 is 1.89 bits per heavy atom. The molecule has 92 valence electrons. The standard InChI is InChI=1S/C15H13FIN/c16-13-8-9-15(14(17)11-13)18-10-4-7-12-5-2-1-3-6-12/h1-9,11,18H,10H2. The molecule has 1 N–H and O–H groups in total. The Kier molecular flexibility index (Phi) is 4.75. The highest BCUT2D eigenvalue weighted by atomic mass is 127. The molecule has 3 heteroatoms. The first-order valence-corrected chi connectivity index (χ1v) is 6.74. The maximum Gasteiger partial charge on any atom is 0.124 e. The highest BCUT2D eigenvalue weighted by Crippen LogP contribution is 2.18. The molecule has 0 saturated heterocycles. The van der Waals surface area contributed by atoms with E-state index in [9.17, 15) is 4.39 Å². The monoisotopic (exact) mass is 353 g/mol. The number of nitrogens with one attached hydrogen (secondary N) is 1. The molecule has 18 heavy (non-hydrogen) atoms. The van der Waals surface area contributed by atoms with Crippen LogP contribution in [0.15, 0.2) is 54.6 Å². The fourth-order valence-corrected chi connectivity index (χ4v) is 2.23. The van der Waals surface area contributed by atoms with Gasteiger partial charge in [-0.3, -0.25) is 0 Å². The Bertz CT molecular complexity index is 537. The zero-order valence-corrected chi connectivity index (χ0v) is 11.9. The van der Waals surface area contributed by atoms with Crippen LogP contribution < -0.4 is 5.32 Å². The van der Waals surface area contributed by atoms with Crippen molar-refractivity contribution in [1.82, 2.24) is 0 Å². The van der Waals surface area contributed by atoms with E-state index in [1.165, 1.54) is 17.7 Å². The van der Waals surface area contributed by atoms with Crippen molar-refractivity contribution in [3.05, 3.63) is 69.6 Å². The molecule has 0 saturated carbocycles. The van der Waals surface area contributed by atoms with Gasteiger partial charge in [0.15, 0.2) is 0 Å². The van der Waals surface area contributed by atoms with Gasteiger partial charge in [-0.2, -0.15) is 0 Å². The Balaban J connectivity index is 1.91. The van der Waals surface area contributed by atoms with Gasteiger partial charge in [0.2, 0.25) is 0 Å². The van der Waals surface area contributed by atoms with Crippen LogP contribution in [0.3, 0.4) is 0 Å². The summed E-state index contributed by atoms with van der Waals surface area (Å²) in [5.41, 5.74) is 2.13. The molecule has 0 radical (unpaired) electrons. The molecule has 2 rings (SSSR count). The summed E-state index contributed by atoms with van der Waals surface area (Å²) in [5.74, 6) is -0.204. The van der Waals surface area contributed by atoms with Crippen LogP contribution in [0.5, 0.6) is 0 Å². The first-order chi connectivity index (χ1) is 8.75. The molecule has 0 amide bonds. The molecule has 0 aromatic heterocycles. The maximum absolute atomic E-state index is 12.9. The third-order valence-corrected chi connectivity index (χ3v) is 3.34. The number of halogens is 2. The molecule has 0 aliphatic carbocycles. The summed E-state index contributed by atoms with van der Waals surface area (Å²) in [5, 5.41) is 3.25. The van der Waals surface area contributed by atoms with Crippen molar-refractivity contribution < 1.29 is 4.39 Å². The van der Waals surface area contributed by atoms with Crippen LogP contribution in [0.4, 0.5) is 10.1 Å². The molecule has 2 aromatic carbocycles. The Morgan fingerprint density at radius 1 is 1.11 bits per heavy atom. The number of benzene rings is 2. The minimum Gasteiger partial charge on any atom is -0.381 e. The molecule has 2 aromatic rings. The average Bonchev–Trinajstić information content (AvgIpc) is 2.38. The quantitative estimate of drug-likeness (QED) is 0.795. The van der Waals surface area contributed by atoms with Crippen LogP contribution in [0.1, 0.15) is 5.56 Å². The average molecular weight is 353 g/mol. The van der Waals surface area contributed by atoms with Crippen molar-refractivity contribution >= 4 is 34.4 Å². The van der Waals surface area contributed by atoms with Gasteiger partial charge in [0.05, 0.1) is 0 Å². The summed E-state index contributed by atoms with van der Waals surface area (Å²) in [6.45, 7) is 0.719. The van der Waals surface area contributed by atoms with E-state index in [1.54, 1.807) is 6.07 Å². The Labute approximate surface area is 120 Å². The van der Waals surface area contributed by atoms with Crippen LogP contribution >= 0.6 is 22.6 Å². The van der Waals surface area contributed by atoms with Gasteiger partial charge in [0, 0.05) is 15.8 Å². The minimum absolute atomic E-state index is 0.204. The predicted molar refractivity (Wildman–Crippen MR) is 83.1 cm³/mol. The molecule has 0 unspecified atom stereocenters. The van der Waals surface area contributed by atoms with Crippen LogP contribution in [0.25, 0.3) is 6.08 Å². The molecular formula is C15H13FIN. The van der Waals surface area contributed by atoms with Gasteiger partial charge in [-0.1, -0.05) is 42.5 Å². The van der Waals surface area contributed by atoms with E-state index < -0.39 is 0 Å². The summed E-state index contributed by atoms with van der Waals surface area (Å²) < 4.78 is 13.8. The lowest BCUT2D eigenvalue weighted by molar-refractivity contribution is 0.627. The van der Waals surface area contributed by atoms with E-state index in [4.69, 9.17) is 0 Å². The Hall–Kier alpha value is -1.36. The SMILES string of the molecule is Fc1ccc(NCC=Cc2ccccc2)c(I)c1. The fourth-order valence-electron chi connectivity index (χ4n) is 1.56. The fraction of sp³-hybridized carbons (Fsp3) is 0.0667. The summed E-state index contributed by atoms with van der Waals surface area (Å²) in [6.07, 6.45) is 4.11. The van der Waals surface area contributed by atoms with Crippen LogP contribution in [0.2, 0.25) is 0 Å². The molecular weight excluding hydrogens is 340 g/mol. The molecule has 0 bridgehead atoms. The number of anilines is 1. The molecule has 0 aliphatic rings. The zero-order chi connectivity index (χ0) is 12.8. The van der Waals surface area contributed by atoms with Crippen molar-refractivity contribution in [3.63, 3.8) is 0 Å². The summed E-state index contributed by atoms with van der Waals surface area (Å²) >= 11 is 2.12. The zero-order valence-electron chi connectivity index (χ0n) is 9.74. The van der Waals surface area contributed by atoms with Crippen molar-refractivity contribution in [2.24, 2.45) is 0 Å². The molecule has 0 fully saturated rings. The number of hydrogen-bond donors (Lipinski definition) is 1. The highest BCUT2D eigenvalue weighted by molar-refractivity contribution is 14.1. The van der Waals surface area contributed by atoms with Gasteiger partial charge >= 0.3 is 0 Å². The Morgan fingerprint density at radius 3 is 2.61 bits per heavy atom. The second-order valence-electron chi connectivity index (χ2n) is 3.82. The van der Waals surface area contributed by atoms with Gasteiger partial charge in [-0.25, -0.2) is 4.39 Å². The first-order valence-electron chi connectivity index (χ1n) is 5.66. The number of rotatable bonds is 4. The van der Waals surface area contributed by atoms with Gasteiger partial charge in [-0.15, -0.1) is 0 Å². The molecule has 0 aliphatic heterocycles. The van der Waals surface area contributed by atoms with E-state index in [2.05, 4.69) is 52.2 Å². The van der Waals surface area contributed by atoms with Gasteiger partial charge in [-0.05, 0) is 46.4 Å². The smallest absolute Gasteiger partial charge is 0.124 e. The molecule has 0 atom stereocenters. The number of hydrogen-bond acceptors (Lipinski definition) is 1. The van der Waals surface area contributed by atoms with Crippen molar-refractivity contribution in [3.8, 4) is 0 Å². The van der Waals surface area contributed by atoms with Gasteiger partial charge in [0.1, 0.15) is 5.82 Å². The largest absolute Gasteiger partial charge is 0.381 e. The van der Waals surface area contributed by atoms with E-state index in [0.29, 0.717) is 0 Å². The topological polar surface area (TPSA) is 12.0 Å². The lowest BCUT2D eigenvalue weighted by Crippen LogP contribution is -2.00. The summed E-state index contributed by atoms with van der Waals surface area (Å²) in [7, 11) is 0. The van der Waals surface area contributed by atoms with E-state index in [-0.39, 0.29) is 5.82 Å². The molecule has 1 nitrogen and oxygen atoms in total. The van der Waals surface area contributed by atoms with Crippen molar-refractivity contribution in [2.75, 3.05) is 11.9 Å². The van der Waals surface area contributed by atoms with Crippen LogP contribution in [0, 0.1) is 9.39 Å². The van der Waals surface area contributed by atoms with E-state index in [1.807, 2.05) is 18.2 Å². The minimum atomic E-state index is -0.204. The van der Waals surface area contributed by atoms with Crippen LogP contribution in [-0.4, -0.2) is 6.54 Å². The lowest BCUT2D eigenvalue weighted by Gasteiger charge is -2.05. The predicted octanol–water partition coefficient (Wildman–Crippen LogP) is 4.56. The molecule has 0 heterocycles. The maximum atomic E-state index is 12.9. The molecule has 0 spiro atoms. The van der Waals surface area contributed by atoms with Gasteiger partial charge < -0.3 is 5.32 Å². The second-order valence-corrected chi connectivity index (χ2v) is 4.98. The lowest BCUT2D eigenvalue weighted by atomic mass is 10.2. The second kappa shape index (κ2) is 6.54. The van der Waals surface area contributed by atoms with Crippen molar-refractivity contribution in [2.45, 2.75) is 0 Å². The van der Waals surface area contributed by atoms with E-state index in [0.717, 1.165) is 15.8 Å². The summed E-state index contributed by atoms with van der Waals surface area (Å²) in [4.78, 5) is 0. The third kappa shape index (κ3) is 3.84. The first kappa shape index (κ1) is 13.1. The van der Waals surface area contributed by atoms with E-state index >= 15 is 0 Å². The highest BCUT2D eigenvalue weighted by Gasteiger charge is 1.98. The normalized spacial score (nSPS) is 10.8. The van der Waals surface area contributed by atoms with Gasteiger partial charge in [0.25, 0.3) is 0 Å². The van der Waals surface area contributed by atoms with Crippen LogP contribution in [-0.2, 0) is 0 Å². The third-order valence-electron chi connectivity index (χ3n) is 2.45. The van der Waals surface area contributed by atoms with Crippen molar-refractivity contribution in [1.29, 1.82) is 0 Å². The summed E-state index contributed by atoms with van der Waals surface area (Å²) in [6, 6.07) is 14.9.